The SMILES string of the molecule is CCCCCCCCC/C=C\CCCCCCCCCC(=O)OCCCCCCCCCCCCCCCCCCCC/C=C\CCCCCCCCCCCCCCCCCCCC(=O)NC(CO)C(O)CCCCCCCCCCCCCCCCCC. The minimum atomic E-state index is -0.661. The maximum atomic E-state index is 12.5. The third-order valence-corrected chi connectivity index (χ3v) is 19.7. The third-order valence-electron chi connectivity index (χ3n) is 19.7. The quantitative estimate of drug-likeness (QED) is 0.0320. The molecular weight excluding hydrogens is 1100 g/mol. The Kier molecular flexibility index (Phi) is 78.3. The van der Waals surface area contributed by atoms with Crippen molar-refractivity contribution in [2.24, 2.45) is 0 Å². The number of nitrogens with one attached hydrogen (secondary N) is 1. The van der Waals surface area contributed by atoms with Gasteiger partial charge in [0, 0.05) is 12.8 Å². The van der Waals surface area contributed by atoms with Crippen LogP contribution in [-0.4, -0.2) is 47.4 Å². The van der Waals surface area contributed by atoms with Crippen LogP contribution >= 0.6 is 0 Å². The van der Waals surface area contributed by atoms with Gasteiger partial charge in [-0.15, -0.1) is 0 Å². The first kappa shape index (κ1) is 88.3. The van der Waals surface area contributed by atoms with E-state index in [0.717, 1.165) is 38.5 Å². The molecule has 0 aromatic heterocycles. The van der Waals surface area contributed by atoms with E-state index in [1.54, 1.807) is 0 Å². The number of carbonyl (C=O) groups is 2. The van der Waals surface area contributed by atoms with Crippen LogP contribution in [0.25, 0.3) is 0 Å². The number of amides is 1. The van der Waals surface area contributed by atoms with E-state index in [0.29, 0.717) is 25.9 Å². The molecule has 0 aliphatic heterocycles. The second-order valence-corrected chi connectivity index (χ2v) is 28.8. The zero-order chi connectivity index (χ0) is 64.9. The Morgan fingerprint density at radius 2 is 0.522 bits per heavy atom. The molecule has 0 saturated carbocycles. The number of ether oxygens (including phenoxy) is 1. The number of esters is 1. The Hall–Kier alpha value is -1.66. The number of hydrogen-bond donors (Lipinski definition) is 3. The van der Waals surface area contributed by atoms with Crippen molar-refractivity contribution in [2.45, 2.75) is 488 Å². The van der Waals surface area contributed by atoms with Crippen molar-refractivity contribution < 1.29 is 24.5 Å². The molecule has 0 aliphatic rings. The summed E-state index contributed by atoms with van der Waals surface area (Å²) in [6.07, 6.45) is 103. The normalized spacial score (nSPS) is 12.5. The van der Waals surface area contributed by atoms with Crippen LogP contribution in [0, 0.1) is 0 Å². The van der Waals surface area contributed by atoms with Gasteiger partial charge in [-0.05, 0) is 77.0 Å². The molecule has 0 aromatic rings. The highest BCUT2D eigenvalue weighted by Gasteiger charge is 2.20. The monoisotopic (exact) mass is 1270 g/mol. The molecule has 0 heterocycles. The molecule has 1 amide bonds. The summed E-state index contributed by atoms with van der Waals surface area (Å²) in [5.41, 5.74) is 0. The lowest BCUT2D eigenvalue weighted by Gasteiger charge is -2.22. The number of unbranched alkanes of at least 4 members (excludes halogenated alkanes) is 64. The van der Waals surface area contributed by atoms with Crippen LogP contribution in [0.2, 0.25) is 0 Å². The van der Waals surface area contributed by atoms with E-state index in [4.69, 9.17) is 4.74 Å². The van der Waals surface area contributed by atoms with Gasteiger partial charge in [-0.3, -0.25) is 9.59 Å². The van der Waals surface area contributed by atoms with Crippen molar-refractivity contribution in [3.8, 4) is 0 Å². The van der Waals surface area contributed by atoms with Gasteiger partial charge in [-0.1, -0.05) is 411 Å². The second kappa shape index (κ2) is 79.8. The van der Waals surface area contributed by atoms with E-state index in [2.05, 4.69) is 43.5 Å². The summed E-state index contributed by atoms with van der Waals surface area (Å²) in [4.78, 5) is 24.7. The summed E-state index contributed by atoms with van der Waals surface area (Å²) in [5.74, 6) is -0.00585. The zero-order valence-corrected chi connectivity index (χ0v) is 61.4. The van der Waals surface area contributed by atoms with Crippen LogP contribution in [0.5, 0.6) is 0 Å². The number of aliphatic hydroxyl groups excluding tert-OH is 2. The predicted octanol–water partition coefficient (Wildman–Crippen LogP) is 27.6. The van der Waals surface area contributed by atoms with Gasteiger partial charge in [0.2, 0.25) is 5.91 Å². The minimum absolute atomic E-state index is 0.0206. The smallest absolute Gasteiger partial charge is 0.305 e. The second-order valence-electron chi connectivity index (χ2n) is 28.8. The standard InChI is InChI=1S/C84H163NO5/c1-3-5-7-9-11-13-15-17-19-21-46-50-54-58-62-66-70-74-78-84(89)90-79-75-71-67-63-59-55-51-47-44-42-40-38-36-34-32-30-28-26-24-22-23-25-27-29-31-33-35-37-39-41-43-45-49-53-57-61-65-69-73-77-83(88)85-81(80-86)82(87)76-72-68-64-60-56-52-48-20-18-16-14-12-10-8-6-4-2/h19,21-23,81-82,86-87H,3-18,20,24-80H2,1-2H3,(H,85,88)/b21-19-,23-22-. The number of carbonyl (C=O) groups excluding carboxylic acids is 2. The molecule has 0 spiro atoms. The van der Waals surface area contributed by atoms with Crippen LogP contribution in [0.3, 0.4) is 0 Å². The van der Waals surface area contributed by atoms with Gasteiger partial charge in [-0.2, -0.15) is 0 Å². The highest BCUT2D eigenvalue weighted by Crippen LogP contribution is 2.20. The maximum absolute atomic E-state index is 12.5. The Bertz CT molecular complexity index is 1410. The predicted molar refractivity (Wildman–Crippen MR) is 398 cm³/mol. The fraction of sp³-hybridized carbons (Fsp3) is 0.929. The fourth-order valence-electron chi connectivity index (χ4n) is 13.4. The summed E-state index contributed by atoms with van der Waals surface area (Å²) >= 11 is 0. The van der Waals surface area contributed by atoms with Gasteiger partial charge in [-0.25, -0.2) is 0 Å². The molecule has 0 aliphatic carbocycles. The molecule has 6 heteroatoms. The van der Waals surface area contributed by atoms with Crippen LogP contribution in [0.15, 0.2) is 24.3 Å². The molecule has 0 aromatic carbocycles. The fourth-order valence-corrected chi connectivity index (χ4v) is 13.4. The zero-order valence-electron chi connectivity index (χ0n) is 61.4. The third kappa shape index (κ3) is 75.4. The average molecular weight is 1270 g/mol. The molecule has 0 rings (SSSR count). The minimum Gasteiger partial charge on any atom is -0.466 e. The molecule has 534 valence electrons. The van der Waals surface area contributed by atoms with Gasteiger partial charge in [0.15, 0.2) is 0 Å². The lowest BCUT2D eigenvalue weighted by molar-refractivity contribution is -0.143. The van der Waals surface area contributed by atoms with E-state index >= 15 is 0 Å². The van der Waals surface area contributed by atoms with Crippen LogP contribution in [0.4, 0.5) is 0 Å². The molecule has 2 unspecified atom stereocenters. The Labute approximate surface area is 564 Å². The number of allylic oxidation sites excluding steroid dienone is 4. The van der Waals surface area contributed by atoms with E-state index < -0.39 is 12.1 Å². The first-order valence-corrected chi connectivity index (χ1v) is 41.6. The largest absolute Gasteiger partial charge is 0.466 e. The van der Waals surface area contributed by atoms with Gasteiger partial charge < -0.3 is 20.3 Å². The molecule has 0 fully saturated rings. The summed E-state index contributed by atoms with van der Waals surface area (Å²) in [6.45, 7) is 5.00. The van der Waals surface area contributed by atoms with Gasteiger partial charge in [0.05, 0.1) is 25.4 Å². The molecule has 90 heavy (non-hydrogen) atoms. The number of aliphatic hydroxyl groups is 2. The number of hydrogen-bond acceptors (Lipinski definition) is 5. The molecule has 0 radical (unpaired) electrons. The molecular formula is C84H163NO5. The molecule has 3 N–H and O–H groups in total. The first-order valence-electron chi connectivity index (χ1n) is 41.6. The van der Waals surface area contributed by atoms with Gasteiger partial charge in [0.1, 0.15) is 0 Å². The van der Waals surface area contributed by atoms with E-state index in [1.165, 1.54) is 405 Å². The van der Waals surface area contributed by atoms with E-state index in [9.17, 15) is 19.8 Å². The van der Waals surface area contributed by atoms with E-state index in [-0.39, 0.29) is 18.5 Å². The topological polar surface area (TPSA) is 95.9 Å². The highest BCUT2D eigenvalue weighted by atomic mass is 16.5. The van der Waals surface area contributed by atoms with Gasteiger partial charge in [0.25, 0.3) is 0 Å². The van der Waals surface area contributed by atoms with Crippen LogP contribution in [0.1, 0.15) is 476 Å². The molecule has 2 atom stereocenters. The van der Waals surface area contributed by atoms with Crippen molar-refractivity contribution in [3.05, 3.63) is 24.3 Å². The summed E-state index contributed by atoms with van der Waals surface area (Å²) in [6, 6.07) is -0.538. The van der Waals surface area contributed by atoms with Crippen molar-refractivity contribution in [1.82, 2.24) is 5.32 Å². The Morgan fingerprint density at radius 3 is 0.789 bits per heavy atom. The Morgan fingerprint density at radius 1 is 0.300 bits per heavy atom. The molecule has 0 bridgehead atoms. The summed E-state index contributed by atoms with van der Waals surface area (Å²) in [5, 5.41) is 23.4. The molecule has 0 saturated heterocycles. The lowest BCUT2D eigenvalue weighted by atomic mass is 10.0. The van der Waals surface area contributed by atoms with Crippen molar-refractivity contribution >= 4 is 11.9 Å². The summed E-state index contributed by atoms with van der Waals surface area (Å²) < 4.78 is 5.52. The van der Waals surface area contributed by atoms with E-state index in [1.807, 2.05) is 0 Å². The van der Waals surface area contributed by atoms with Crippen molar-refractivity contribution in [1.29, 1.82) is 0 Å². The maximum Gasteiger partial charge on any atom is 0.305 e. The Balaban J connectivity index is 3.31. The van der Waals surface area contributed by atoms with Crippen LogP contribution < -0.4 is 5.32 Å². The number of rotatable bonds is 79. The van der Waals surface area contributed by atoms with Gasteiger partial charge >= 0.3 is 5.97 Å². The average Bonchev–Trinajstić information content (AvgIpc) is 3.72. The van der Waals surface area contributed by atoms with Crippen LogP contribution in [-0.2, 0) is 14.3 Å². The van der Waals surface area contributed by atoms with Crippen molar-refractivity contribution in [2.75, 3.05) is 13.2 Å². The highest BCUT2D eigenvalue weighted by molar-refractivity contribution is 5.76. The summed E-state index contributed by atoms with van der Waals surface area (Å²) in [7, 11) is 0. The van der Waals surface area contributed by atoms with Crippen molar-refractivity contribution in [3.63, 3.8) is 0 Å². The molecule has 6 nitrogen and oxygen atoms in total. The lowest BCUT2D eigenvalue weighted by Crippen LogP contribution is -2.45. The first-order chi connectivity index (χ1) is 44.5.